The molecule has 3 aromatic carbocycles. The fraction of sp³-hybridized carbons (Fsp3) is 0.222. The van der Waals surface area contributed by atoms with Crippen LogP contribution in [0.3, 0.4) is 0 Å². The summed E-state index contributed by atoms with van der Waals surface area (Å²) < 4.78 is 15.8. The van der Waals surface area contributed by atoms with E-state index in [9.17, 15) is 4.79 Å². The predicted octanol–water partition coefficient (Wildman–Crippen LogP) is 7.51. The first kappa shape index (κ1) is 26.8. The molecule has 4 aromatic rings. The average molecular weight is 725 g/mol. The Balaban J connectivity index is 1.69. The quantitative estimate of drug-likeness (QED) is 0.140. The van der Waals surface area contributed by atoms with Gasteiger partial charge < -0.3 is 9.47 Å². The molecule has 4 rings (SSSR count). The van der Waals surface area contributed by atoms with Crippen molar-refractivity contribution in [3.8, 4) is 11.5 Å². The molecule has 36 heavy (non-hydrogen) atoms. The zero-order valence-corrected chi connectivity index (χ0v) is 25.3. The summed E-state index contributed by atoms with van der Waals surface area (Å²) >= 11 is 9.12. The molecule has 0 radical (unpaired) electrons. The smallest absolute Gasteiger partial charge is 0.282 e. The van der Waals surface area contributed by atoms with Crippen molar-refractivity contribution in [2.45, 2.75) is 32.8 Å². The van der Waals surface area contributed by atoms with E-state index in [1.807, 2.05) is 55.5 Å². The van der Waals surface area contributed by atoms with Crippen LogP contribution in [-0.2, 0) is 6.61 Å². The molecule has 0 saturated carbocycles. The van der Waals surface area contributed by atoms with Crippen LogP contribution < -0.4 is 15.0 Å². The van der Waals surface area contributed by atoms with Crippen molar-refractivity contribution in [1.82, 2.24) is 9.66 Å². The van der Waals surface area contributed by atoms with Gasteiger partial charge in [0.2, 0.25) is 0 Å². The number of hydrogen-bond donors (Lipinski definition) is 0. The van der Waals surface area contributed by atoms with E-state index in [4.69, 9.17) is 14.5 Å². The number of rotatable bonds is 8. The molecule has 0 aliphatic carbocycles. The summed E-state index contributed by atoms with van der Waals surface area (Å²) in [6.07, 6.45) is 2.49. The number of hydrogen-bond acceptors (Lipinski definition) is 5. The summed E-state index contributed by atoms with van der Waals surface area (Å²) in [4.78, 5) is 18.1. The molecule has 0 bridgehead atoms. The Bertz CT molecular complexity index is 1490. The van der Waals surface area contributed by atoms with Crippen molar-refractivity contribution >= 4 is 71.6 Å². The Hall–Kier alpha value is -2.24. The van der Waals surface area contributed by atoms with E-state index in [0.29, 0.717) is 34.8 Å². The largest absolute Gasteiger partial charge is 0.493 e. The predicted molar refractivity (Wildman–Crippen MR) is 160 cm³/mol. The highest BCUT2D eigenvalue weighted by molar-refractivity contribution is 14.1. The highest BCUT2D eigenvalue weighted by Gasteiger charge is 2.16. The first-order chi connectivity index (χ1) is 17.3. The number of ether oxygens (including phenoxy) is 2. The summed E-state index contributed by atoms with van der Waals surface area (Å²) in [5.41, 5.74) is 2.29. The standard InChI is InChI=1S/C27H24Br2IN3O3/c1-4-16(2)26-32-23-10-9-20(29)13-21(23)27(34)33(26)31-14-18-11-22(30)25(24(12-18)35-3)36-15-17-5-7-19(28)8-6-17/h5-14,16H,4,15H2,1-3H3/t16-/m0/s1. The van der Waals surface area contributed by atoms with Gasteiger partial charge >= 0.3 is 0 Å². The highest BCUT2D eigenvalue weighted by Crippen LogP contribution is 2.34. The number of halogens is 3. The molecule has 0 amide bonds. The van der Waals surface area contributed by atoms with Gasteiger partial charge in [-0.2, -0.15) is 9.78 Å². The van der Waals surface area contributed by atoms with E-state index >= 15 is 0 Å². The molecule has 186 valence electrons. The summed E-state index contributed by atoms with van der Waals surface area (Å²) in [5, 5.41) is 5.08. The zero-order chi connectivity index (χ0) is 25.8. The second-order valence-electron chi connectivity index (χ2n) is 8.25. The summed E-state index contributed by atoms with van der Waals surface area (Å²) in [6.45, 7) is 4.53. The van der Waals surface area contributed by atoms with Crippen LogP contribution in [0.15, 0.2) is 73.4 Å². The molecule has 0 aliphatic heterocycles. The van der Waals surface area contributed by atoms with Gasteiger partial charge in [-0.1, -0.05) is 57.8 Å². The number of aromatic nitrogens is 2. The molecule has 0 N–H and O–H groups in total. The normalized spacial score (nSPS) is 12.3. The van der Waals surface area contributed by atoms with E-state index in [0.717, 1.165) is 30.1 Å². The van der Waals surface area contributed by atoms with Gasteiger partial charge in [0.15, 0.2) is 11.5 Å². The molecule has 1 atom stereocenters. The Morgan fingerprint density at radius 1 is 1.11 bits per heavy atom. The van der Waals surface area contributed by atoms with Crippen LogP contribution in [0, 0.1) is 3.57 Å². The molecular formula is C27H24Br2IN3O3. The molecule has 0 unspecified atom stereocenters. The van der Waals surface area contributed by atoms with E-state index in [-0.39, 0.29) is 11.5 Å². The molecule has 9 heteroatoms. The summed E-state index contributed by atoms with van der Waals surface area (Å²) in [5.74, 6) is 1.94. The van der Waals surface area contributed by atoms with Crippen molar-refractivity contribution in [3.05, 3.63) is 94.4 Å². The third-order valence-corrected chi connectivity index (χ3v) is 7.58. The van der Waals surface area contributed by atoms with E-state index in [2.05, 4.69) is 66.5 Å². The lowest BCUT2D eigenvalue weighted by atomic mass is 10.1. The molecule has 0 saturated heterocycles. The molecule has 0 spiro atoms. The topological polar surface area (TPSA) is 65.7 Å². The third-order valence-electron chi connectivity index (χ3n) is 5.76. The summed E-state index contributed by atoms with van der Waals surface area (Å²) in [7, 11) is 1.61. The molecule has 0 fully saturated rings. The van der Waals surface area contributed by atoms with Gasteiger partial charge in [0, 0.05) is 14.9 Å². The van der Waals surface area contributed by atoms with Gasteiger partial charge in [-0.25, -0.2) is 4.98 Å². The fourth-order valence-corrected chi connectivity index (χ4v) is 5.00. The van der Waals surface area contributed by atoms with Crippen LogP contribution in [-0.4, -0.2) is 23.0 Å². The van der Waals surface area contributed by atoms with Crippen LogP contribution in [0.2, 0.25) is 0 Å². The summed E-state index contributed by atoms with van der Waals surface area (Å²) in [6, 6.07) is 17.3. The lowest BCUT2D eigenvalue weighted by Crippen LogP contribution is -2.23. The fourth-order valence-electron chi connectivity index (χ4n) is 3.59. The maximum Gasteiger partial charge on any atom is 0.282 e. The van der Waals surface area contributed by atoms with Crippen LogP contribution in [0.1, 0.15) is 43.1 Å². The van der Waals surface area contributed by atoms with E-state index < -0.39 is 0 Å². The van der Waals surface area contributed by atoms with Gasteiger partial charge in [-0.15, -0.1) is 0 Å². The van der Waals surface area contributed by atoms with Gasteiger partial charge in [0.05, 0.1) is 27.8 Å². The van der Waals surface area contributed by atoms with Gasteiger partial charge in [0.1, 0.15) is 12.4 Å². The first-order valence-corrected chi connectivity index (χ1v) is 14.0. The van der Waals surface area contributed by atoms with Gasteiger partial charge in [-0.05, 0) is 82.6 Å². The lowest BCUT2D eigenvalue weighted by molar-refractivity contribution is 0.282. The third kappa shape index (κ3) is 6.00. The van der Waals surface area contributed by atoms with Crippen molar-refractivity contribution < 1.29 is 9.47 Å². The number of benzene rings is 3. The monoisotopic (exact) mass is 723 g/mol. The van der Waals surface area contributed by atoms with Gasteiger partial charge in [0.25, 0.3) is 5.56 Å². The second kappa shape index (κ2) is 11.9. The lowest BCUT2D eigenvalue weighted by Gasteiger charge is -2.15. The van der Waals surface area contributed by atoms with Crippen LogP contribution in [0.4, 0.5) is 0 Å². The number of methoxy groups -OCH3 is 1. The van der Waals surface area contributed by atoms with E-state index in [1.54, 1.807) is 19.4 Å². The molecule has 1 aromatic heterocycles. The zero-order valence-electron chi connectivity index (χ0n) is 20.0. The first-order valence-electron chi connectivity index (χ1n) is 11.3. The Morgan fingerprint density at radius 3 is 2.53 bits per heavy atom. The van der Waals surface area contributed by atoms with Crippen molar-refractivity contribution in [3.63, 3.8) is 0 Å². The number of nitrogens with zero attached hydrogens (tertiary/aromatic N) is 3. The molecule has 1 heterocycles. The van der Waals surface area contributed by atoms with Gasteiger partial charge in [-0.3, -0.25) is 4.79 Å². The second-order valence-corrected chi connectivity index (χ2v) is 11.2. The van der Waals surface area contributed by atoms with Crippen molar-refractivity contribution in [1.29, 1.82) is 0 Å². The molecule has 6 nitrogen and oxygen atoms in total. The van der Waals surface area contributed by atoms with Crippen LogP contribution in [0.25, 0.3) is 10.9 Å². The van der Waals surface area contributed by atoms with Crippen molar-refractivity contribution in [2.24, 2.45) is 5.10 Å². The van der Waals surface area contributed by atoms with Crippen LogP contribution >= 0.6 is 54.5 Å². The SMILES string of the molecule is CC[C@H](C)c1nc2ccc(Br)cc2c(=O)n1N=Cc1cc(I)c(OCc2ccc(Br)cc2)c(OC)c1. The highest BCUT2D eigenvalue weighted by atomic mass is 127. The Labute approximate surface area is 240 Å². The minimum Gasteiger partial charge on any atom is -0.493 e. The number of fused-ring (bicyclic) bond motifs is 1. The van der Waals surface area contributed by atoms with E-state index in [1.165, 1.54) is 4.68 Å². The average Bonchev–Trinajstić information content (AvgIpc) is 2.87. The molecular weight excluding hydrogens is 701 g/mol. The maximum atomic E-state index is 13.4. The van der Waals surface area contributed by atoms with Crippen LogP contribution in [0.5, 0.6) is 11.5 Å². The maximum absolute atomic E-state index is 13.4. The molecule has 0 aliphatic rings. The van der Waals surface area contributed by atoms with Crippen molar-refractivity contribution in [2.75, 3.05) is 7.11 Å². The minimum absolute atomic E-state index is 0.0620. The minimum atomic E-state index is -0.205. The Morgan fingerprint density at radius 2 is 1.83 bits per heavy atom. The Kier molecular flexibility index (Phi) is 8.84.